The zero-order chi connectivity index (χ0) is 8.69. The monoisotopic (exact) mass is 161 g/mol. The summed E-state index contributed by atoms with van der Waals surface area (Å²) in [4.78, 5) is 10.7. The van der Waals surface area contributed by atoms with E-state index in [0.29, 0.717) is 19.6 Å². The van der Waals surface area contributed by atoms with Crippen molar-refractivity contribution in [1.82, 2.24) is 0 Å². The molecule has 1 atom stereocenters. The molecule has 0 aromatic heterocycles. The minimum Gasteiger partial charge on any atom is -0.469 e. The Labute approximate surface area is 66.7 Å². The first-order valence-electron chi connectivity index (χ1n) is 3.50. The van der Waals surface area contributed by atoms with Crippen LogP contribution >= 0.6 is 0 Å². The molecule has 0 saturated heterocycles. The van der Waals surface area contributed by atoms with Crippen molar-refractivity contribution < 1.29 is 14.3 Å². The van der Waals surface area contributed by atoms with Gasteiger partial charge in [-0.25, -0.2) is 0 Å². The van der Waals surface area contributed by atoms with Crippen molar-refractivity contribution in [2.24, 2.45) is 11.7 Å². The number of hydrogen-bond acceptors (Lipinski definition) is 4. The van der Waals surface area contributed by atoms with Crippen molar-refractivity contribution in [3.8, 4) is 0 Å². The third-order valence-corrected chi connectivity index (χ3v) is 1.42. The Kier molecular flexibility index (Phi) is 5.78. The van der Waals surface area contributed by atoms with Gasteiger partial charge >= 0.3 is 5.97 Å². The molecule has 0 aromatic carbocycles. The standard InChI is InChI=1S/C7H15NO3/c1-10-5-6(4-8)3-7(9)11-2/h6H,3-5,8H2,1-2H3. The minimum atomic E-state index is -0.238. The van der Waals surface area contributed by atoms with Crippen LogP contribution in [0.3, 0.4) is 0 Å². The molecule has 0 aliphatic carbocycles. The highest BCUT2D eigenvalue weighted by molar-refractivity contribution is 5.69. The van der Waals surface area contributed by atoms with Gasteiger partial charge in [0.15, 0.2) is 0 Å². The smallest absolute Gasteiger partial charge is 0.305 e. The molecule has 0 spiro atoms. The first kappa shape index (κ1) is 10.4. The van der Waals surface area contributed by atoms with Gasteiger partial charge in [0.05, 0.1) is 20.1 Å². The Balaban J connectivity index is 3.58. The molecule has 0 rings (SSSR count). The van der Waals surface area contributed by atoms with Gasteiger partial charge in [0.1, 0.15) is 0 Å². The topological polar surface area (TPSA) is 61.5 Å². The van der Waals surface area contributed by atoms with Crippen molar-refractivity contribution in [3.63, 3.8) is 0 Å². The molecule has 0 aliphatic rings. The van der Waals surface area contributed by atoms with E-state index in [0.717, 1.165) is 0 Å². The Morgan fingerprint density at radius 1 is 1.55 bits per heavy atom. The molecule has 0 bridgehead atoms. The average Bonchev–Trinajstić information content (AvgIpc) is 2.03. The SMILES string of the molecule is COCC(CN)CC(=O)OC. The molecule has 2 N–H and O–H groups in total. The van der Waals surface area contributed by atoms with Crippen LogP contribution in [0.15, 0.2) is 0 Å². The molecule has 0 aliphatic heterocycles. The summed E-state index contributed by atoms with van der Waals surface area (Å²) in [6.07, 6.45) is 0.334. The summed E-state index contributed by atoms with van der Waals surface area (Å²) in [6, 6.07) is 0. The van der Waals surface area contributed by atoms with Crippen LogP contribution in [-0.2, 0) is 14.3 Å². The van der Waals surface area contributed by atoms with Crippen LogP contribution in [0.4, 0.5) is 0 Å². The third kappa shape index (κ3) is 4.75. The molecule has 0 fully saturated rings. The minimum absolute atomic E-state index is 0.0763. The van der Waals surface area contributed by atoms with Gasteiger partial charge < -0.3 is 15.2 Å². The van der Waals surface area contributed by atoms with E-state index in [1.54, 1.807) is 7.11 Å². The van der Waals surface area contributed by atoms with E-state index >= 15 is 0 Å². The Morgan fingerprint density at radius 3 is 2.55 bits per heavy atom. The van der Waals surface area contributed by atoms with Crippen LogP contribution in [0.25, 0.3) is 0 Å². The predicted molar refractivity (Wildman–Crippen MR) is 41.1 cm³/mol. The van der Waals surface area contributed by atoms with Gasteiger partial charge in [0, 0.05) is 13.0 Å². The van der Waals surface area contributed by atoms with Crippen LogP contribution in [0.1, 0.15) is 6.42 Å². The fourth-order valence-corrected chi connectivity index (χ4v) is 0.765. The fourth-order valence-electron chi connectivity index (χ4n) is 0.765. The second-order valence-corrected chi connectivity index (χ2v) is 2.34. The van der Waals surface area contributed by atoms with E-state index in [1.807, 2.05) is 0 Å². The van der Waals surface area contributed by atoms with Gasteiger partial charge in [-0.05, 0) is 6.54 Å². The number of hydrogen-bond donors (Lipinski definition) is 1. The van der Waals surface area contributed by atoms with Crippen LogP contribution in [0.2, 0.25) is 0 Å². The maximum absolute atomic E-state index is 10.7. The first-order valence-corrected chi connectivity index (χ1v) is 3.50. The molecule has 0 radical (unpaired) electrons. The lowest BCUT2D eigenvalue weighted by atomic mass is 10.1. The van der Waals surface area contributed by atoms with E-state index in [4.69, 9.17) is 10.5 Å². The molecule has 11 heavy (non-hydrogen) atoms. The first-order chi connectivity index (χ1) is 5.24. The van der Waals surface area contributed by atoms with Crippen LogP contribution in [0.5, 0.6) is 0 Å². The predicted octanol–water partition coefficient (Wildman–Crippen LogP) is -0.229. The Hall–Kier alpha value is -0.610. The quantitative estimate of drug-likeness (QED) is 0.566. The van der Waals surface area contributed by atoms with Gasteiger partial charge in [-0.3, -0.25) is 4.79 Å². The average molecular weight is 161 g/mol. The van der Waals surface area contributed by atoms with Gasteiger partial charge in [0.2, 0.25) is 0 Å². The lowest BCUT2D eigenvalue weighted by Crippen LogP contribution is -2.22. The van der Waals surface area contributed by atoms with Gasteiger partial charge in [-0.15, -0.1) is 0 Å². The number of esters is 1. The Morgan fingerprint density at radius 2 is 2.18 bits per heavy atom. The molecular weight excluding hydrogens is 146 g/mol. The number of ether oxygens (including phenoxy) is 2. The number of methoxy groups -OCH3 is 2. The number of carbonyl (C=O) groups excluding carboxylic acids is 1. The van der Waals surface area contributed by atoms with Crippen molar-refractivity contribution in [2.45, 2.75) is 6.42 Å². The zero-order valence-electron chi connectivity index (χ0n) is 7.00. The van der Waals surface area contributed by atoms with Crippen molar-refractivity contribution in [1.29, 1.82) is 0 Å². The maximum atomic E-state index is 10.7. The molecular formula is C7H15NO3. The normalized spacial score (nSPS) is 12.6. The van der Waals surface area contributed by atoms with Crippen LogP contribution in [-0.4, -0.2) is 33.3 Å². The summed E-state index contributed by atoms with van der Waals surface area (Å²) >= 11 is 0. The van der Waals surface area contributed by atoms with E-state index in [9.17, 15) is 4.79 Å². The molecule has 1 unspecified atom stereocenters. The molecule has 0 amide bonds. The summed E-state index contributed by atoms with van der Waals surface area (Å²) in [5.41, 5.74) is 5.37. The number of carbonyl (C=O) groups is 1. The highest BCUT2D eigenvalue weighted by atomic mass is 16.5. The lowest BCUT2D eigenvalue weighted by Gasteiger charge is -2.10. The zero-order valence-corrected chi connectivity index (χ0v) is 7.00. The van der Waals surface area contributed by atoms with Gasteiger partial charge in [-0.1, -0.05) is 0 Å². The molecule has 4 nitrogen and oxygen atoms in total. The molecule has 0 heterocycles. The van der Waals surface area contributed by atoms with Crippen molar-refractivity contribution in [3.05, 3.63) is 0 Å². The van der Waals surface area contributed by atoms with Crippen molar-refractivity contribution in [2.75, 3.05) is 27.4 Å². The van der Waals surface area contributed by atoms with E-state index in [1.165, 1.54) is 7.11 Å². The second-order valence-electron chi connectivity index (χ2n) is 2.34. The van der Waals surface area contributed by atoms with Gasteiger partial charge in [0.25, 0.3) is 0 Å². The van der Waals surface area contributed by atoms with E-state index < -0.39 is 0 Å². The summed E-state index contributed by atoms with van der Waals surface area (Å²) in [6.45, 7) is 0.953. The summed E-state index contributed by atoms with van der Waals surface area (Å²) in [5, 5.41) is 0. The van der Waals surface area contributed by atoms with Crippen molar-refractivity contribution >= 4 is 5.97 Å². The third-order valence-electron chi connectivity index (χ3n) is 1.42. The van der Waals surface area contributed by atoms with E-state index in [-0.39, 0.29) is 11.9 Å². The number of nitrogens with two attached hydrogens (primary N) is 1. The number of rotatable bonds is 5. The molecule has 0 aromatic rings. The Bertz CT molecular complexity index is 116. The van der Waals surface area contributed by atoms with Gasteiger partial charge in [-0.2, -0.15) is 0 Å². The second kappa shape index (κ2) is 6.12. The molecule has 4 heteroatoms. The highest BCUT2D eigenvalue weighted by Crippen LogP contribution is 2.01. The summed E-state index contributed by atoms with van der Waals surface area (Å²) < 4.78 is 9.33. The highest BCUT2D eigenvalue weighted by Gasteiger charge is 2.11. The lowest BCUT2D eigenvalue weighted by molar-refractivity contribution is -0.142. The molecule has 0 saturated carbocycles. The van der Waals surface area contributed by atoms with Crippen LogP contribution < -0.4 is 5.73 Å². The summed E-state index contributed by atoms with van der Waals surface area (Å²) in [7, 11) is 2.95. The largest absolute Gasteiger partial charge is 0.469 e. The summed E-state index contributed by atoms with van der Waals surface area (Å²) in [5.74, 6) is -0.162. The fraction of sp³-hybridized carbons (Fsp3) is 0.857. The molecule has 66 valence electrons. The van der Waals surface area contributed by atoms with Crippen LogP contribution in [0, 0.1) is 5.92 Å². The van der Waals surface area contributed by atoms with E-state index in [2.05, 4.69) is 4.74 Å². The maximum Gasteiger partial charge on any atom is 0.305 e.